The zero-order valence-electron chi connectivity index (χ0n) is 9.00. The molecule has 2 N–H and O–H groups in total. The van der Waals surface area contributed by atoms with Gasteiger partial charge in [-0.25, -0.2) is 0 Å². The van der Waals surface area contributed by atoms with Crippen LogP contribution in [0.2, 0.25) is 0 Å². The molecule has 1 unspecified atom stereocenters. The Morgan fingerprint density at radius 1 is 1.50 bits per heavy atom. The molecule has 1 aliphatic rings. The Bertz CT molecular complexity index is 176. The van der Waals surface area contributed by atoms with Crippen LogP contribution in [0.1, 0.15) is 38.5 Å². The third-order valence-electron chi connectivity index (χ3n) is 2.99. The first-order valence-electron chi connectivity index (χ1n) is 5.54. The second-order valence-electron chi connectivity index (χ2n) is 4.13. The topological polar surface area (TPSA) is 52.3 Å². The largest absolute Gasteiger partial charge is 0.385 e. The van der Waals surface area contributed by atoms with Crippen molar-refractivity contribution in [2.75, 3.05) is 13.7 Å². The van der Waals surface area contributed by atoms with Gasteiger partial charge < -0.3 is 10.5 Å². The minimum atomic E-state index is -0.256. The van der Waals surface area contributed by atoms with Gasteiger partial charge in [0.05, 0.1) is 6.04 Å². The number of carbonyl (C=O) groups is 1. The van der Waals surface area contributed by atoms with Gasteiger partial charge in [0.25, 0.3) is 0 Å². The van der Waals surface area contributed by atoms with Crippen LogP contribution in [0.15, 0.2) is 0 Å². The van der Waals surface area contributed by atoms with Crippen molar-refractivity contribution in [1.82, 2.24) is 0 Å². The maximum Gasteiger partial charge on any atom is 0.152 e. The van der Waals surface area contributed by atoms with Crippen LogP contribution in [0.5, 0.6) is 0 Å². The molecule has 0 radical (unpaired) electrons. The van der Waals surface area contributed by atoms with E-state index < -0.39 is 0 Å². The number of rotatable bonds is 6. The molecule has 0 saturated heterocycles. The highest BCUT2D eigenvalue weighted by molar-refractivity contribution is 5.86. The first-order chi connectivity index (χ1) is 6.75. The number of hydrogen-bond donors (Lipinski definition) is 1. The molecule has 1 fully saturated rings. The molecule has 0 bridgehead atoms. The molecular weight excluding hydrogens is 178 g/mol. The van der Waals surface area contributed by atoms with Crippen LogP contribution < -0.4 is 5.73 Å². The van der Waals surface area contributed by atoms with Gasteiger partial charge in [-0.1, -0.05) is 12.8 Å². The molecule has 0 aromatic carbocycles. The lowest BCUT2D eigenvalue weighted by molar-refractivity contribution is -0.124. The van der Waals surface area contributed by atoms with Crippen molar-refractivity contribution in [1.29, 1.82) is 0 Å². The maximum atomic E-state index is 11.8. The molecular formula is C11H21NO2. The molecule has 0 spiro atoms. The number of hydrogen-bond acceptors (Lipinski definition) is 3. The fraction of sp³-hybridized carbons (Fsp3) is 0.909. The standard InChI is InChI=1S/C11H21NO2/c1-14-8-4-7-10(12)11(13)9-5-2-3-6-9/h9-10H,2-8,12H2,1H3. The van der Waals surface area contributed by atoms with Gasteiger partial charge in [-0.05, 0) is 25.7 Å². The van der Waals surface area contributed by atoms with Gasteiger partial charge >= 0.3 is 0 Å². The van der Waals surface area contributed by atoms with Gasteiger partial charge in [-0.15, -0.1) is 0 Å². The van der Waals surface area contributed by atoms with Crippen molar-refractivity contribution in [3.05, 3.63) is 0 Å². The van der Waals surface area contributed by atoms with Crippen LogP contribution in [0.25, 0.3) is 0 Å². The molecule has 1 rings (SSSR count). The molecule has 14 heavy (non-hydrogen) atoms. The van der Waals surface area contributed by atoms with E-state index in [1.54, 1.807) is 7.11 Å². The number of nitrogens with two attached hydrogens (primary N) is 1. The lowest BCUT2D eigenvalue weighted by Gasteiger charge is -2.14. The summed E-state index contributed by atoms with van der Waals surface area (Å²) >= 11 is 0. The van der Waals surface area contributed by atoms with Crippen LogP contribution in [-0.4, -0.2) is 25.5 Å². The van der Waals surface area contributed by atoms with Gasteiger partial charge in [-0.2, -0.15) is 0 Å². The summed E-state index contributed by atoms with van der Waals surface area (Å²) in [7, 11) is 1.67. The number of Topliss-reactive ketones (excluding diaryl/α,β-unsaturated/α-hetero) is 1. The van der Waals surface area contributed by atoms with E-state index in [1.165, 1.54) is 12.8 Å². The summed E-state index contributed by atoms with van der Waals surface area (Å²) in [5.74, 6) is 0.533. The van der Waals surface area contributed by atoms with E-state index in [0.717, 1.165) is 25.7 Å². The molecule has 1 atom stereocenters. The van der Waals surface area contributed by atoms with Gasteiger partial charge in [0, 0.05) is 19.6 Å². The van der Waals surface area contributed by atoms with Crippen LogP contribution in [0, 0.1) is 5.92 Å². The minimum absolute atomic E-state index is 0.256. The van der Waals surface area contributed by atoms with Crippen LogP contribution in [0.3, 0.4) is 0 Å². The van der Waals surface area contributed by atoms with Gasteiger partial charge in [0.1, 0.15) is 0 Å². The zero-order valence-corrected chi connectivity index (χ0v) is 9.00. The van der Waals surface area contributed by atoms with Crippen molar-refractivity contribution in [3.63, 3.8) is 0 Å². The predicted octanol–water partition coefficient (Wildman–Crippen LogP) is 1.50. The lowest BCUT2D eigenvalue weighted by Crippen LogP contribution is -2.34. The molecule has 0 aromatic heterocycles. The SMILES string of the molecule is COCCCC(N)C(=O)C1CCCC1. The second kappa shape index (κ2) is 6.14. The molecule has 1 saturated carbocycles. The van der Waals surface area contributed by atoms with E-state index in [2.05, 4.69) is 0 Å². The minimum Gasteiger partial charge on any atom is -0.385 e. The van der Waals surface area contributed by atoms with Crippen molar-refractivity contribution in [3.8, 4) is 0 Å². The lowest BCUT2D eigenvalue weighted by atomic mass is 9.94. The van der Waals surface area contributed by atoms with Gasteiger partial charge in [-0.3, -0.25) is 4.79 Å². The highest BCUT2D eigenvalue weighted by atomic mass is 16.5. The fourth-order valence-corrected chi connectivity index (χ4v) is 2.10. The predicted molar refractivity (Wildman–Crippen MR) is 56.1 cm³/mol. The third kappa shape index (κ3) is 3.39. The third-order valence-corrected chi connectivity index (χ3v) is 2.99. The Labute approximate surface area is 86.0 Å². The average Bonchev–Trinajstić information content (AvgIpc) is 2.69. The van der Waals surface area contributed by atoms with Crippen molar-refractivity contribution >= 4 is 5.78 Å². The number of carbonyl (C=O) groups excluding carboxylic acids is 1. The smallest absolute Gasteiger partial charge is 0.152 e. The number of ether oxygens (including phenoxy) is 1. The molecule has 0 amide bonds. The summed E-state index contributed by atoms with van der Waals surface area (Å²) < 4.78 is 4.93. The quantitative estimate of drug-likeness (QED) is 0.659. The van der Waals surface area contributed by atoms with Gasteiger partial charge in [0.15, 0.2) is 5.78 Å². The maximum absolute atomic E-state index is 11.8. The molecule has 0 aliphatic heterocycles. The first kappa shape index (κ1) is 11.7. The second-order valence-corrected chi connectivity index (χ2v) is 4.13. The Kier molecular flexibility index (Phi) is 5.12. The molecule has 0 aromatic rings. The van der Waals surface area contributed by atoms with Crippen molar-refractivity contribution < 1.29 is 9.53 Å². The molecule has 3 heteroatoms. The fourth-order valence-electron chi connectivity index (χ4n) is 2.10. The average molecular weight is 199 g/mol. The van der Waals surface area contributed by atoms with E-state index in [-0.39, 0.29) is 17.7 Å². The van der Waals surface area contributed by atoms with Crippen LogP contribution in [-0.2, 0) is 9.53 Å². The van der Waals surface area contributed by atoms with E-state index in [9.17, 15) is 4.79 Å². The number of methoxy groups -OCH3 is 1. The Hall–Kier alpha value is -0.410. The Morgan fingerprint density at radius 2 is 2.14 bits per heavy atom. The highest BCUT2D eigenvalue weighted by Gasteiger charge is 2.26. The summed E-state index contributed by atoms with van der Waals surface area (Å²) in [6, 6.07) is -0.256. The summed E-state index contributed by atoms with van der Waals surface area (Å²) in [6.45, 7) is 0.700. The van der Waals surface area contributed by atoms with Crippen LogP contribution in [0.4, 0.5) is 0 Å². The Morgan fingerprint density at radius 3 is 2.71 bits per heavy atom. The van der Waals surface area contributed by atoms with E-state index in [0.29, 0.717) is 6.61 Å². The van der Waals surface area contributed by atoms with Gasteiger partial charge in [0.2, 0.25) is 0 Å². The number of ketones is 1. The summed E-state index contributed by atoms with van der Waals surface area (Å²) in [5.41, 5.74) is 5.83. The first-order valence-corrected chi connectivity index (χ1v) is 5.54. The normalized spacial score (nSPS) is 19.9. The molecule has 3 nitrogen and oxygen atoms in total. The summed E-state index contributed by atoms with van der Waals surface area (Å²) in [5, 5.41) is 0. The highest BCUT2D eigenvalue weighted by Crippen LogP contribution is 2.26. The van der Waals surface area contributed by atoms with Crippen molar-refractivity contribution in [2.24, 2.45) is 11.7 Å². The van der Waals surface area contributed by atoms with E-state index in [1.807, 2.05) is 0 Å². The monoisotopic (exact) mass is 199 g/mol. The molecule has 82 valence electrons. The summed E-state index contributed by atoms with van der Waals surface area (Å²) in [6.07, 6.45) is 6.15. The summed E-state index contributed by atoms with van der Waals surface area (Å²) in [4.78, 5) is 11.8. The molecule has 1 aliphatic carbocycles. The van der Waals surface area contributed by atoms with E-state index in [4.69, 9.17) is 10.5 Å². The molecule has 0 heterocycles. The van der Waals surface area contributed by atoms with Crippen molar-refractivity contribution in [2.45, 2.75) is 44.6 Å². The van der Waals surface area contributed by atoms with Crippen LogP contribution >= 0.6 is 0 Å². The Balaban J connectivity index is 2.21. The zero-order chi connectivity index (χ0) is 10.4. The van der Waals surface area contributed by atoms with E-state index >= 15 is 0 Å².